The topological polar surface area (TPSA) is 83.9 Å². The Morgan fingerprint density at radius 3 is 2.82 bits per heavy atom. The van der Waals surface area contributed by atoms with Crippen molar-refractivity contribution in [3.05, 3.63) is 29.3 Å². The number of methoxy groups -OCH3 is 1. The quantitative estimate of drug-likeness (QED) is 0.860. The van der Waals surface area contributed by atoms with Crippen LogP contribution in [0.2, 0.25) is 0 Å². The van der Waals surface area contributed by atoms with E-state index in [2.05, 4.69) is 0 Å². The Kier molecular flexibility index (Phi) is 5.08. The number of benzene rings is 1. The second-order valence-corrected chi connectivity index (χ2v) is 7.60. The monoisotopic (exact) mass is 327 g/mol. The van der Waals surface area contributed by atoms with E-state index in [-0.39, 0.29) is 17.2 Å². The van der Waals surface area contributed by atoms with E-state index < -0.39 is 16.0 Å². The van der Waals surface area contributed by atoms with Crippen LogP contribution in [-0.2, 0) is 21.2 Å². The second kappa shape index (κ2) is 6.66. The first kappa shape index (κ1) is 16.8. The lowest BCUT2D eigenvalue weighted by Gasteiger charge is -2.31. The van der Waals surface area contributed by atoms with Crippen molar-refractivity contribution in [3.8, 4) is 0 Å². The molecule has 0 spiro atoms. The molecule has 1 aliphatic rings. The number of rotatable bonds is 6. The van der Waals surface area contributed by atoms with Crippen LogP contribution in [0.15, 0.2) is 18.2 Å². The van der Waals surface area contributed by atoms with Gasteiger partial charge in [-0.2, -0.15) is 0 Å². The van der Waals surface area contributed by atoms with Gasteiger partial charge < -0.3 is 9.84 Å². The Morgan fingerprint density at radius 2 is 2.18 bits per heavy atom. The number of aromatic carboxylic acids is 1. The van der Waals surface area contributed by atoms with E-state index >= 15 is 0 Å². The number of aryl methyl sites for hydroxylation is 1. The van der Waals surface area contributed by atoms with Crippen molar-refractivity contribution in [1.29, 1.82) is 0 Å². The summed E-state index contributed by atoms with van der Waals surface area (Å²) >= 11 is 0. The standard InChI is InChI=1S/C15H21NO5S/c1-11(9-21-2)10-22(19,20)16-7-3-4-12-8-13(15(17)18)5-6-14(12)16/h5-6,8,11H,3-4,7,9-10H2,1-2H3,(H,17,18). The van der Waals surface area contributed by atoms with Crippen molar-refractivity contribution < 1.29 is 23.1 Å². The fourth-order valence-corrected chi connectivity index (χ4v) is 4.65. The van der Waals surface area contributed by atoms with E-state index in [1.54, 1.807) is 19.2 Å². The van der Waals surface area contributed by atoms with Gasteiger partial charge in [0, 0.05) is 20.3 Å². The molecule has 0 radical (unpaired) electrons. The summed E-state index contributed by atoms with van der Waals surface area (Å²) in [6.45, 7) is 2.65. The third-order valence-electron chi connectivity index (χ3n) is 3.68. The van der Waals surface area contributed by atoms with Gasteiger partial charge in [-0.15, -0.1) is 0 Å². The summed E-state index contributed by atoms with van der Waals surface area (Å²) in [5.41, 5.74) is 1.56. The highest BCUT2D eigenvalue weighted by Gasteiger charge is 2.29. The zero-order valence-corrected chi connectivity index (χ0v) is 13.6. The lowest BCUT2D eigenvalue weighted by Crippen LogP contribution is -2.39. The van der Waals surface area contributed by atoms with Gasteiger partial charge >= 0.3 is 5.97 Å². The minimum atomic E-state index is -3.45. The van der Waals surface area contributed by atoms with Crippen LogP contribution < -0.4 is 4.31 Å². The Bertz CT molecular complexity index is 656. The number of carbonyl (C=O) groups is 1. The molecule has 1 heterocycles. The Balaban J connectivity index is 2.30. The molecule has 1 unspecified atom stereocenters. The molecular formula is C15H21NO5S. The highest BCUT2D eigenvalue weighted by Crippen LogP contribution is 2.31. The van der Waals surface area contributed by atoms with Crippen molar-refractivity contribution >= 4 is 21.7 Å². The molecule has 122 valence electrons. The van der Waals surface area contributed by atoms with Crippen LogP contribution in [0.1, 0.15) is 29.3 Å². The third-order valence-corrected chi connectivity index (χ3v) is 5.73. The van der Waals surface area contributed by atoms with Gasteiger partial charge in [0.2, 0.25) is 10.0 Å². The number of anilines is 1. The summed E-state index contributed by atoms with van der Waals surface area (Å²) in [5.74, 6) is -1.09. The normalized spacial score (nSPS) is 16.2. The van der Waals surface area contributed by atoms with Crippen molar-refractivity contribution in [3.63, 3.8) is 0 Å². The Labute approximate surface area is 130 Å². The maximum atomic E-state index is 12.6. The molecule has 0 fully saturated rings. The maximum absolute atomic E-state index is 12.6. The van der Waals surface area contributed by atoms with Crippen LogP contribution in [0.5, 0.6) is 0 Å². The average Bonchev–Trinajstić information content (AvgIpc) is 2.45. The lowest BCUT2D eigenvalue weighted by molar-refractivity contribution is 0.0696. The Morgan fingerprint density at radius 1 is 1.45 bits per heavy atom. The van der Waals surface area contributed by atoms with Crippen LogP contribution in [0, 0.1) is 5.92 Å². The molecule has 2 rings (SSSR count). The number of ether oxygens (including phenoxy) is 1. The van der Waals surface area contributed by atoms with Crippen LogP contribution in [0.3, 0.4) is 0 Å². The van der Waals surface area contributed by atoms with Crippen LogP contribution in [0.25, 0.3) is 0 Å². The first-order valence-electron chi connectivity index (χ1n) is 7.20. The van der Waals surface area contributed by atoms with Gasteiger partial charge in [0.25, 0.3) is 0 Å². The molecule has 0 saturated heterocycles. The summed E-state index contributed by atoms with van der Waals surface area (Å²) < 4.78 is 31.6. The van der Waals surface area contributed by atoms with Crippen molar-refractivity contribution in [2.24, 2.45) is 5.92 Å². The second-order valence-electron chi connectivity index (χ2n) is 5.66. The molecule has 0 aromatic heterocycles. The molecule has 0 bridgehead atoms. The van der Waals surface area contributed by atoms with E-state index in [0.29, 0.717) is 31.7 Å². The predicted molar refractivity (Wildman–Crippen MR) is 83.9 cm³/mol. The van der Waals surface area contributed by atoms with Gasteiger partial charge in [-0.1, -0.05) is 6.92 Å². The van der Waals surface area contributed by atoms with Crippen LogP contribution in [-0.4, -0.2) is 45.5 Å². The molecule has 6 nitrogen and oxygen atoms in total. The van der Waals surface area contributed by atoms with Gasteiger partial charge in [-0.3, -0.25) is 4.31 Å². The molecule has 1 N–H and O–H groups in total. The van der Waals surface area contributed by atoms with Crippen LogP contribution >= 0.6 is 0 Å². The summed E-state index contributed by atoms with van der Waals surface area (Å²) in [7, 11) is -1.90. The van der Waals surface area contributed by atoms with Crippen molar-refractivity contribution in [2.75, 3.05) is 30.3 Å². The fourth-order valence-electron chi connectivity index (χ4n) is 2.77. The van der Waals surface area contributed by atoms with E-state index in [9.17, 15) is 13.2 Å². The average molecular weight is 327 g/mol. The number of nitrogens with zero attached hydrogens (tertiary/aromatic N) is 1. The smallest absolute Gasteiger partial charge is 0.335 e. The number of sulfonamides is 1. The molecule has 0 aliphatic carbocycles. The molecule has 0 amide bonds. The minimum absolute atomic E-state index is 0.0148. The molecule has 7 heteroatoms. The highest BCUT2D eigenvalue weighted by atomic mass is 32.2. The predicted octanol–water partition coefficient (Wildman–Crippen LogP) is 1.75. The van der Waals surface area contributed by atoms with E-state index in [4.69, 9.17) is 9.84 Å². The van der Waals surface area contributed by atoms with E-state index in [0.717, 1.165) is 5.56 Å². The minimum Gasteiger partial charge on any atom is -0.478 e. The molecule has 1 aliphatic heterocycles. The lowest BCUT2D eigenvalue weighted by atomic mass is 10.0. The molecule has 1 aromatic rings. The fraction of sp³-hybridized carbons (Fsp3) is 0.533. The molecule has 1 atom stereocenters. The number of hydrogen-bond donors (Lipinski definition) is 1. The van der Waals surface area contributed by atoms with E-state index in [1.165, 1.54) is 10.4 Å². The van der Waals surface area contributed by atoms with Crippen LogP contribution in [0.4, 0.5) is 5.69 Å². The number of carboxylic acid groups (broad SMARTS) is 1. The number of carboxylic acids is 1. The van der Waals surface area contributed by atoms with Gasteiger partial charge in [0.15, 0.2) is 0 Å². The molecule has 22 heavy (non-hydrogen) atoms. The summed E-state index contributed by atoms with van der Waals surface area (Å²) in [5, 5.41) is 9.04. The largest absolute Gasteiger partial charge is 0.478 e. The zero-order chi connectivity index (χ0) is 16.3. The molecular weight excluding hydrogens is 306 g/mol. The molecule has 0 saturated carbocycles. The number of fused-ring (bicyclic) bond motifs is 1. The zero-order valence-electron chi connectivity index (χ0n) is 12.8. The van der Waals surface area contributed by atoms with E-state index in [1.807, 2.05) is 6.92 Å². The summed E-state index contributed by atoms with van der Waals surface area (Å²) in [6, 6.07) is 4.61. The van der Waals surface area contributed by atoms with Gasteiger partial charge in [0.1, 0.15) is 0 Å². The third kappa shape index (κ3) is 3.59. The van der Waals surface area contributed by atoms with Gasteiger partial charge in [-0.05, 0) is 42.5 Å². The summed E-state index contributed by atoms with van der Waals surface area (Å²) in [6.07, 6.45) is 1.38. The van der Waals surface area contributed by atoms with Crippen molar-refractivity contribution in [1.82, 2.24) is 0 Å². The SMILES string of the molecule is COCC(C)CS(=O)(=O)N1CCCc2cc(C(=O)O)ccc21. The first-order chi connectivity index (χ1) is 10.3. The van der Waals surface area contributed by atoms with Gasteiger partial charge in [-0.25, -0.2) is 13.2 Å². The van der Waals surface area contributed by atoms with Crippen molar-refractivity contribution in [2.45, 2.75) is 19.8 Å². The Hall–Kier alpha value is -1.60. The number of hydrogen-bond acceptors (Lipinski definition) is 4. The summed E-state index contributed by atoms with van der Waals surface area (Å²) in [4.78, 5) is 11.0. The molecule has 1 aromatic carbocycles. The highest BCUT2D eigenvalue weighted by molar-refractivity contribution is 7.92. The van der Waals surface area contributed by atoms with Gasteiger partial charge in [0.05, 0.1) is 17.0 Å². The maximum Gasteiger partial charge on any atom is 0.335 e. The first-order valence-corrected chi connectivity index (χ1v) is 8.81.